The summed E-state index contributed by atoms with van der Waals surface area (Å²) in [4.78, 5) is 12.8. The number of carbonyl (C=O) groups is 1. The predicted molar refractivity (Wildman–Crippen MR) is 111 cm³/mol. The minimum atomic E-state index is -4.46. The first-order valence-corrected chi connectivity index (χ1v) is 9.92. The van der Waals surface area contributed by atoms with Crippen LogP contribution in [0.15, 0.2) is 45.5 Å². The lowest BCUT2D eigenvalue weighted by atomic mass is 10.1. The Bertz CT molecular complexity index is 1090. The average molecular weight is 537 g/mol. The number of alkyl halides is 3. The highest BCUT2D eigenvalue weighted by atomic mass is 79.9. The summed E-state index contributed by atoms with van der Waals surface area (Å²) >= 11 is 3.18. The number of aromatic nitrogens is 1. The lowest BCUT2D eigenvalue weighted by molar-refractivity contribution is -0.137. The maximum atomic E-state index is 14.3. The van der Waals surface area contributed by atoms with Gasteiger partial charge < -0.3 is 19.6 Å². The first kappa shape index (κ1) is 26.3. The molecule has 0 bridgehead atoms. The minimum Gasteiger partial charge on any atom is -0.475 e. The van der Waals surface area contributed by atoms with E-state index < -0.39 is 29.5 Å². The van der Waals surface area contributed by atoms with Crippen LogP contribution in [0.5, 0.6) is 5.75 Å². The molecule has 0 aliphatic heterocycles. The van der Waals surface area contributed by atoms with Gasteiger partial charge in [0.25, 0.3) is 0 Å². The number of halogens is 6. The average Bonchev–Trinajstić information content (AvgIpc) is 3.15. The van der Waals surface area contributed by atoms with Gasteiger partial charge in [-0.3, -0.25) is 4.79 Å². The minimum absolute atomic E-state index is 0.000000905. The van der Waals surface area contributed by atoms with Gasteiger partial charge in [0, 0.05) is 18.2 Å². The third kappa shape index (κ3) is 6.51. The molecule has 0 saturated heterocycles. The first-order valence-electron chi connectivity index (χ1n) is 9.12. The SMILES string of the molecule is COCC(Oc1ccc(F)c(C)c1F)c1nc(-c2ccc(C(F)(F)F)cc2)c(Br)o1.NC=O. The number of hydrogen-bond acceptors (Lipinski definition) is 5. The Balaban J connectivity index is 0.00000122. The van der Waals surface area contributed by atoms with Gasteiger partial charge in [-0.05, 0) is 47.1 Å². The van der Waals surface area contributed by atoms with E-state index in [2.05, 4.69) is 26.6 Å². The van der Waals surface area contributed by atoms with Crippen molar-refractivity contribution in [3.63, 3.8) is 0 Å². The van der Waals surface area contributed by atoms with E-state index in [-0.39, 0.29) is 40.6 Å². The predicted octanol–water partition coefficient (Wildman–Crippen LogP) is 5.58. The number of carbonyl (C=O) groups excluding carboxylic acids is 1. The summed E-state index contributed by atoms with van der Waals surface area (Å²) < 4.78 is 82.4. The Morgan fingerprint density at radius 2 is 1.79 bits per heavy atom. The highest BCUT2D eigenvalue weighted by Crippen LogP contribution is 2.35. The molecule has 0 aliphatic rings. The molecule has 6 nitrogen and oxygen atoms in total. The van der Waals surface area contributed by atoms with Crippen LogP contribution in [0.3, 0.4) is 0 Å². The molecular weight excluding hydrogens is 519 g/mol. The van der Waals surface area contributed by atoms with Crippen molar-refractivity contribution in [2.45, 2.75) is 19.2 Å². The summed E-state index contributed by atoms with van der Waals surface area (Å²) in [6.07, 6.45) is -5.20. The molecule has 0 saturated carbocycles. The molecule has 2 N–H and O–H groups in total. The van der Waals surface area contributed by atoms with Crippen molar-refractivity contribution in [2.24, 2.45) is 5.73 Å². The molecule has 0 radical (unpaired) electrons. The van der Waals surface area contributed by atoms with Gasteiger partial charge in [-0.1, -0.05) is 12.1 Å². The molecule has 33 heavy (non-hydrogen) atoms. The van der Waals surface area contributed by atoms with Gasteiger partial charge in [0.05, 0.1) is 12.2 Å². The molecule has 12 heteroatoms. The molecule has 1 atom stereocenters. The molecule has 0 fully saturated rings. The maximum absolute atomic E-state index is 14.3. The Hall–Kier alpha value is -2.99. The number of primary amides is 1. The fraction of sp³-hybridized carbons (Fsp3) is 0.238. The molecule has 0 aliphatic carbocycles. The van der Waals surface area contributed by atoms with Gasteiger partial charge in [0.1, 0.15) is 11.5 Å². The van der Waals surface area contributed by atoms with Crippen molar-refractivity contribution in [1.82, 2.24) is 4.98 Å². The van der Waals surface area contributed by atoms with Gasteiger partial charge in [-0.2, -0.15) is 13.2 Å². The number of rotatable bonds is 6. The van der Waals surface area contributed by atoms with E-state index in [0.29, 0.717) is 5.56 Å². The van der Waals surface area contributed by atoms with Crippen LogP contribution >= 0.6 is 15.9 Å². The van der Waals surface area contributed by atoms with E-state index >= 15 is 0 Å². The summed E-state index contributed by atoms with van der Waals surface area (Å²) in [6.45, 7) is 1.20. The molecule has 3 rings (SSSR count). The zero-order chi connectivity index (χ0) is 24.8. The third-order valence-corrected chi connectivity index (χ3v) is 4.77. The van der Waals surface area contributed by atoms with Crippen LogP contribution in [-0.2, 0) is 15.7 Å². The van der Waals surface area contributed by atoms with Crippen molar-refractivity contribution in [3.8, 4) is 17.0 Å². The summed E-state index contributed by atoms with van der Waals surface area (Å²) in [5, 5.41) is 0. The number of nitrogens with two attached hydrogens (primary N) is 1. The van der Waals surface area contributed by atoms with E-state index in [4.69, 9.17) is 18.7 Å². The van der Waals surface area contributed by atoms with Crippen molar-refractivity contribution in [3.05, 3.63) is 69.7 Å². The van der Waals surface area contributed by atoms with Gasteiger partial charge in [0.2, 0.25) is 12.3 Å². The van der Waals surface area contributed by atoms with Crippen LogP contribution in [0, 0.1) is 18.6 Å². The summed E-state index contributed by atoms with van der Waals surface area (Å²) in [5.74, 6) is -1.81. The normalized spacial score (nSPS) is 12.0. The number of amides is 1. The highest BCUT2D eigenvalue weighted by molar-refractivity contribution is 9.10. The standard InChI is InChI=1S/C20H15BrF5NO3.CH3NO/c1-10-13(22)7-8-14(16(10)23)29-15(9-28-2)19-27-17(18(21)30-19)11-3-5-12(6-4-11)20(24,25)26;2-1-3/h3-8,15H,9H2,1-2H3;1H,(H2,2,3). The van der Waals surface area contributed by atoms with Gasteiger partial charge in [-0.25, -0.2) is 13.8 Å². The van der Waals surface area contributed by atoms with Crippen LogP contribution in [0.1, 0.15) is 23.1 Å². The number of ether oxygens (including phenoxy) is 2. The molecule has 1 unspecified atom stereocenters. The quantitative estimate of drug-likeness (QED) is 0.328. The van der Waals surface area contributed by atoms with Crippen LogP contribution in [0.25, 0.3) is 11.3 Å². The summed E-state index contributed by atoms with van der Waals surface area (Å²) in [5.41, 5.74) is 3.76. The van der Waals surface area contributed by atoms with Crippen molar-refractivity contribution in [2.75, 3.05) is 13.7 Å². The topological polar surface area (TPSA) is 87.6 Å². The number of benzene rings is 2. The Morgan fingerprint density at radius 3 is 2.33 bits per heavy atom. The fourth-order valence-corrected chi connectivity index (χ4v) is 3.12. The van der Waals surface area contributed by atoms with E-state index in [9.17, 15) is 22.0 Å². The lowest BCUT2D eigenvalue weighted by Gasteiger charge is -2.16. The van der Waals surface area contributed by atoms with Crippen LogP contribution in [0.4, 0.5) is 22.0 Å². The number of methoxy groups -OCH3 is 1. The van der Waals surface area contributed by atoms with Crippen LogP contribution in [-0.4, -0.2) is 25.1 Å². The zero-order valence-electron chi connectivity index (χ0n) is 17.3. The summed E-state index contributed by atoms with van der Waals surface area (Å²) in [6, 6.07) is 6.56. The smallest absolute Gasteiger partial charge is 0.416 e. The van der Waals surface area contributed by atoms with Gasteiger partial charge >= 0.3 is 6.18 Å². The second-order valence-electron chi connectivity index (χ2n) is 6.43. The Kier molecular flexibility index (Phi) is 8.94. The van der Waals surface area contributed by atoms with Gasteiger partial charge in [0.15, 0.2) is 22.3 Å². The molecule has 178 valence electrons. The van der Waals surface area contributed by atoms with E-state index in [0.717, 1.165) is 24.3 Å². The largest absolute Gasteiger partial charge is 0.475 e. The molecule has 1 heterocycles. The Labute approximate surface area is 193 Å². The second-order valence-corrected chi connectivity index (χ2v) is 7.15. The van der Waals surface area contributed by atoms with E-state index in [1.807, 2.05) is 0 Å². The first-order chi connectivity index (χ1) is 15.5. The molecule has 1 amide bonds. The molecule has 1 aromatic heterocycles. The Morgan fingerprint density at radius 1 is 1.18 bits per heavy atom. The van der Waals surface area contributed by atoms with Crippen molar-refractivity contribution < 1.29 is 40.6 Å². The van der Waals surface area contributed by atoms with Crippen molar-refractivity contribution >= 4 is 22.3 Å². The van der Waals surface area contributed by atoms with Crippen LogP contribution in [0.2, 0.25) is 0 Å². The lowest BCUT2D eigenvalue weighted by Crippen LogP contribution is -2.15. The highest BCUT2D eigenvalue weighted by Gasteiger charge is 2.30. The number of nitrogens with zero attached hydrogens (tertiary/aromatic N) is 1. The van der Waals surface area contributed by atoms with E-state index in [1.54, 1.807) is 0 Å². The third-order valence-electron chi connectivity index (χ3n) is 4.24. The molecule has 2 aromatic carbocycles. The summed E-state index contributed by atoms with van der Waals surface area (Å²) in [7, 11) is 1.39. The van der Waals surface area contributed by atoms with Gasteiger partial charge in [-0.15, -0.1) is 0 Å². The molecule has 3 aromatic rings. The van der Waals surface area contributed by atoms with Crippen LogP contribution < -0.4 is 10.5 Å². The number of oxazole rings is 1. The zero-order valence-corrected chi connectivity index (χ0v) is 18.8. The van der Waals surface area contributed by atoms with E-state index in [1.165, 1.54) is 26.2 Å². The number of hydrogen-bond donors (Lipinski definition) is 1. The molecular formula is C21H18BrF5N2O4. The fourth-order valence-electron chi connectivity index (χ4n) is 2.64. The molecule has 0 spiro atoms. The maximum Gasteiger partial charge on any atom is 0.416 e. The van der Waals surface area contributed by atoms with Crippen molar-refractivity contribution in [1.29, 1.82) is 0 Å². The monoisotopic (exact) mass is 536 g/mol. The second kappa shape index (κ2) is 11.2.